The molecule has 6 heteroatoms. The number of nitrogens with one attached hydrogen (secondary N) is 1. The number of benzene rings is 1. The van der Waals surface area contributed by atoms with E-state index >= 15 is 0 Å². The smallest absolute Gasteiger partial charge is 0.165 e. The molecule has 0 saturated heterocycles. The Bertz CT molecular complexity index is 557. The van der Waals surface area contributed by atoms with Crippen LogP contribution in [-0.4, -0.2) is 30.0 Å². The van der Waals surface area contributed by atoms with E-state index in [4.69, 9.17) is 21.1 Å². The van der Waals surface area contributed by atoms with Crippen LogP contribution in [0.5, 0.6) is 11.5 Å². The van der Waals surface area contributed by atoms with Gasteiger partial charge in [-0.05, 0) is 12.1 Å². The Labute approximate surface area is 123 Å². The molecule has 1 aromatic heterocycles. The first-order chi connectivity index (χ1) is 9.70. The molecule has 0 unspecified atom stereocenters. The molecule has 0 spiro atoms. The van der Waals surface area contributed by atoms with Gasteiger partial charge in [0.25, 0.3) is 0 Å². The van der Waals surface area contributed by atoms with E-state index in [1.165, 1.54) is 0 Å². The van der Waals surface area contributed by atoms with E-state index < -0.39 is 0 Å². The summed E-state index contributed by atoms with van der Waals surface area (Å²) in [6.45, 7) is 2.04. The van der Waals surface area contributed by atoms with E-state index in [2.05, 4.69) is 10.4 Å². The highest BCUT2D eigenvalue weighted by atomic mass is 35.5. The van der Waals surface area contributed by atoms with Crippen molar-refractivity contribution in [2.24, 2.45) is 7.05 Å². The Morgan fingerprint density at radius 1 is 1.40 bits per heavy atom. The second-order valence-electron chi connectivity index (χ2n) is 4.34. The average Bonchev–Trinajstić information content (AvgIpc) is 2.83. The summed E-state index contributed by atoms with van der Waals surface area (Å²) in [5.41, 5.74) is 0.925. The molecule has 0 amide bonds. The van der Waals surface area contributed by atoms with Crippen LogP contribution in [0.25, 0.3) is 0 Å². The summed E-state index contributed by atoms with van der Waals surface area (Å²) in [5.74, 6) is 1.42. The molecule has 5 nitrogen and oxygen atoms in total. The van der Waals surface area contributed by atoms with Gasteiger partial charge < -0.3 is 14.8 Å². The monoisotopic (exact) mass is 295 g/mol. The number of ether oxygens (including phenoxy) is 2. The quantitative estimate of drug-likeness (QED) is 0.798. The standard InChI is InChI=1S/C14H18ClN3O2/c1-18-10-11(8-17-18)20-14-5-3-4-13(15)12(14)9-16-6-7-19-2/h3-5,8,10,16H,6-7,9H2,1-2H3. The third-order valence-electron chi connectivity index (χ3n) is 2.77. The lowest BCUT2D eigenvalue weighted by Gasteiger charge is -2.12. The summed E-state index contributed by atoms with van der Waals surface area (Å²) in [4.78, 5) is 0. The van der Waals surface area contributed by atoms with Crippen molar-refractivity contribution in [3.05, 3.63) is 41.2 Å². The van der Waals surface area contributed by atoms with Gasteiger partial charge in [-0.2, -0.15) is 5.10 Å². The van der Waals surface area contributed by atoms with Crippen LogP contribution in [-0.2, 0) is 18.3 Å². The van der Waals surface area contributed by atoms with E-state index in [1.54, 1.807) is 18.0 Å². The number of aromatic nitrogens is 2. The van der Waals surface area contributed by atoms with Crippen molar-refractivity contribution >= 4 is 11.6 Å². The van der Waals surface area contributed by atoms with E-state index in [9.17, 15) is 0 Å². The third kappa shape index (κ3) is 3.96. The Hall–Kier alpha value is -1.56. The van der Waals surface area contributed by atoms with Gasteiger partial charge in [-0.1, -0.05) is 17.7 Å². The maximum atomic E-state index is 6.24. The molecule has 0 aliphatic heterocycles. The molecule has 1 N–H and O–H groups in total. The van der Waals surface area contributed by atoms with Crippen molar-refractivity contribution in [1.82, 2.24) is 15.1 Å². The maximum Gasteiger partial charge on any atom is 0.165 e. The maximum absolute atomic E-state index is 6.24. The molecule has 2 aromatic rings. The van der Waals surface area contributed by atoms with Gasteiger partial charge in [-0.25, -0.2) is 0 Å². The minimum Gasteiger partial charge on any atom is -0.454 e. The van der Waals surface area contributed by atoms with Crippen LogP contribution in [0.1, 0.15) is 5.56 Å². The van der Waals surface area contributed by atoms with Crippen LogP contribution >= 0.6 is 11.6 Å². The minimum absolute atomic E-state index is 0.624. The fourth-order valence-corrected chi connectivity index (χ4v) is 2.00. The van der Waals surface area contributed by atoms with Crippen molar-refractivity contribution < 1.29 is 9.47 Å². The lowest BCUT2D eigenvalue weighted by Crippen LogP contribution is -2.19. The molecule has 0 bridgehead atoms. The van der Waals surface area contributed by atoms with E-state index in [-0.39, 0.29) is 0 Å². The molecule has 0 fully saturated rings. The molecule has 0 atom stereocenters. The SMILES string of the molecule is COCCNCc1c(Cl)cccc1Oc1cnn(C)c1. The molecule has 1 heterocycles. The van der Waals surface area contributed by atoms with E-state index in [0.29, 0.717) is 23.9 Å². The largest absolute Gasteiger partial charge is 0.454 e. The zero-order valence-electron chi connectivity index (χ0n) is 11.6. The molecular formula is C14H18ClN3O2. The molecule has 0 aliphatic rings. The molecule has 20 heavy (non-hydrogen) atoms. The molecule has 1 aromatic carbocycles. The van der Waals surface area contributed by atoms with Crippen LogP contribution in [0.2, 0.25) is 5.02 Å². The Balaban J connectivity index is 2.09. The first-order valence-corrected chi connectivity index (χ1v) is 6.72. The molecule has 0 saturated carbocycles. The fourth-order valence-electron chi connectivity index (χ4n) is 1.77. The van der Waals surface area contributed by atoms with Crippen LogP contribution in [0.3, 0.4) is 0 Å². The average molecular weight is 296 g/mol. The van der Waals surface area contributed by atoms with Gasteiger partial charge in [0, 0.05) is 37.8 Å². The van der Waals surface area contributed by atoms with Crippen molar-refractivity contribution in [2.45, 2.75) is 6.54 Å². The third-order valence-corrected chi connectivity index (χ3v) is 3.12. The van der Waals surface area contributed by atoms with Crippen LogP contribution in [0.15, 0.2) is 30.6 Å². The molecular weight excluding hydrogens is 278 g/mol. The first-order valence-electron chi connectivity index (χ1n) is 6.34. The van der Waals surface area contributed by atoms with E-state index in [1.807, 2.05) is 31.4 Å². The number of halogens is 1. The summed E-state index contributed by atoms with van der Waals surface area (Å²) in [6.07, 6.45) is 3.48. The zero-order valence-corrected chi connectivity index (χ0v) is 12.4. The van der Waals surface area contributed by atoms with Gasteiger partial charge in [0.2, 0.25) is 0 Å². The van der Waals surface area contributed by atoms with Crippen molar-refractivity contribution in [3.8, 4) is 11.5 Å². The predicted octanol–water partition coefficient (Wildman–Crippen LogP) is 2.60. The number of hydrogen-bond acceptors (Lipinski definition) is 4. The van der Waals surface area contributed by atoms with Crippen molar-refractivity contribution in [3.63, 3.8) is 0 Å². The molecule has 2 rings (SSSR count). The zero-order chi connectivity index (χ0) is 14.4. The summed E-state index contributed by atoms with van der Waals surface area (Å²) in [6, 6.07) is 5.61. The number of methoxy groups -OCH3 is 1. The number of nitrogens with zero attached hydrogens (tertiary/aromatic N) is 2. The highest BCUT2D eigenvalue weighted by molar-refractivity contribution is 6.31. The van der Waals surface area contributed by atoms with Crippen molar-refractivity contribution in [1.29, 1.82) is 0 Å². The second-order valence-corrected chi connectivity index (χ2v) is 4.75. The fraction of sp³-hybridized carbons (Fsp3) is 0.357. The molecule has 0 aliphatic carbocycles. The first kappa shape index (κ1) is 14.8. The summed E-state index contributed by atoms with van der Waals surface area (Å²) in [7, 11) is 3.52. The van der Waals surface area contributed by atoms with Gasteiger partial charge >= 0.3 is 0 Å². The summed E-state index contributed by atoms with van der Waals surface area (Å²) < 4.78 is 12.5. The lowest BCUT2D eigenvalue weighted by molar-refractivity contribution is 0.199. The van der Waals surface area contributed by atoms with E-state index in [0.717, 1.165) is 17.9 Å². The number of rotatable bonds is 7. The predicted molar refractivity (Wildman–Crippen MR) is 78.3 cm³/mol. The topological polar surface area (TPSA) is 48.3 Å². The minimum atomic E-state index is 0.624. The van der Waals surface area contributed by atoms with Crippen LogP contribution in [0, 0.1) is 0 Å². The van der Waals surface area contributed by atoms with Gasteiger partial charge in [0.05, 0.1) is 19.0 Å². The molecule has 108 valence electrons. The highest BCUT2D eigenvalue weighted by Crippen LogP contribution is 2.30. The normalized spacial score (nSPS) is 10.8. The Morgan fingerprint density at radius 2 is 2.25 bits per heavy atom. The number of aryl methyl sites for hydroxylation is 1. The van der Waals surface area contributed by atoms with Gasteiger partial charge in [-0.3, -0.25) is 4.68 Å². The van der Waals surface area contributed by atoms with Crippen LogP contribution in [0.4, 0.5) is 0 Å². The summed E-state index contributed by atoms with van der Waals surface area (Å²) in [5, 5.41) is 8.02. The van der Waals surface area contributed by atoms with Crippen LogP contribution < -0.4 is 10.1 Å². The Morgan fingerprint density at radius 3 is 2.95 bits per heavy atom. The lowest BCUT2D eigenvalue weighted by atomic mass is 10.2. The van der Waals surface area contributed by atoms with Crippen molar-refractivity contribution in [2.75, 3.05) is 20.3 Å². The number of hydrogen-bond donors (Lipinski definition) is 1. The molecule has 0 radical (unpaired) electrons. The Kier molecular flexibility index (Phi) is 5.40. The van der Waals surface area contributed by atoms with Gasteiger partial charge in [0.15, 0.2) is 5.75 Å². The highest BCUT2D eigenvalue weighted by Gasteiger charge is 2.09. The summed E-state index contributed by atoms with van der Waals surface area (Å²) >= 11 is 6.24. The van der Waals surface area contributed by atoms with Gasteiger partial charge in [0.1, 0.15) is 5.75 Å². The van der Waals surface area contributed by atoms with Gasteiger partial charge in [-0.15, -0.1) is 0 Å². The second kappa shape index (κ2) is 7.28.